The van der Waals surface area contributed by atoms with Gasteiger partial charge in [0.15, 0.2) is 0 Å². The van der Waals surface area contributed by atoms with E-state index in [1.807, 2.05) is 0 Å². The van der Waals surface area contributed by atoms with Gasteiger partial charge < -0.3 is 15.3 Å². The first-order valence-corrected chi connectivity index (χ1v) is 6.28. The molecular weight excluding hydrogens is 220 g/mol. The number of carboxylic acids is 1. The number of amides is 1. The molecule has 2 heterocycles. The number of nitrogens with one attached hydrogen (secondary N) is 1. The normalized spacial score (nSPS) is 33.0. The number of carboxylic acid groups (broad SMARTS) is 1. The molecule has 5 heteroatoms. The molecule has 0 aromatic heterocycles. The van der Waals surface area contributed by atoms with Gasteiger partial charge in [-0.3, -0.25) is 4.79 Å². The van der Waals surface area contributed by atoms with Gasteiger partial charge in [-0.25, -0.2) is 4.79 Å². The maximum atomic E-state index is 12.2. The zero-order chi connectivity index (χ0) is 12.5. The summed E-state index contributed by atoms with van der Waals surface area (Å²) in [4.78, 5) is 25.0. The minimum Gasteiger partial charge on any atom is -0.480 e. The number of carbonyl (C=O) groups is 2. The van der Waals surface area contributed by atoms with Crippen LogP contribution in [-0.2, 0) is 9.59 Å². The van der Waals surface area contributed by atoms with E-state index in [9.17, 15) is 14.7 Å². The van der Waals surface area contributed by atoms with Crippen LogP contribution >= 0.6 is 0 Å². The summed E-state index contributed by atoms with van der Waals surface area (Å²) in [5.74, 6) is -0.504. The van der Waals surface area contributed by atoms with E-state index in [2.05, 4.69) is 5.32 Å². The molecule has 0 spiro atoms. The van der Waals surface area contributed by atoms with Crippen molar-refractivity contribution in [1.29, 1.82) is 0 Å². The monoisotopic (exact) mass is 240 g/mol. The van der Waals surface area contributed by atoms with Crippen LogP contribution in [0, 0.1) is 5.92 Å². The van der Waals surface area contributed by atoms with Gasteiger partial charge >= 0.3 is 5.97 Å². The lowest BCUT2D eigenvalue weighted by Gasteiger charge is -2.31. The van der Waals surface area contributed by atoms with E-state index in [-0.39, 0.29) is 5.91 Å². The first-order valence-electron chi connectivity index (χ1n) is 6.28. The average molecular weight is 240 g/mol. The van der Waals surface area contributed by atoms with Crippen LogP contribution < -0.4 is 5.32 Å². The van der Waals surface area contributed by atoms with Crippen molar-refractivity contribution in [3.63, 3.8) is 0 Å². The van der Waals surface area contributed by atoms with E-state index >= 15 is 0 Å². The van der Waals surface area contributed by atoms with Crippen LogP contribution in [0.5, 0.6) is 0 Å². The summed E-state index contributed by atoms with van der Waals surface area (Å²) in [6.45, 7) is 4.09. The SMILES string of the molecule is CC1(C(=O)O)CCCN1C(=O)CC1CCNC1. The zero-order valence-corrected chi connectivity index (χ0v) is 10.2. The molecule has 0 bridgehead atoms. The second-order valence-corrected chi connectivity index (χ2v) is 5.29. The highest BCUT2D eigenvalue weighted by Crippen LogP contribution is 2.30. The van der Waals surface area contributed by atoms with E-state index in [1.165, 1.54) is 0 Å². The lowest BCUT2D eigenvalue weighted by Crippen LogP contribution is -2.51. The number of hydrogen-bond acceptors (Lipinski definition) is 3. The van der Waals surface area contributed by atoms with Crippen LogP contribution in [0.25, 0.3) is 0 Å². The number of likely N-dealkylation sites (tertiary alicyclic amines) is 1. The molecule has 0 saturated carbocycles. The first-order chi connectivity index (χ1) is 8.04. The summed E-state index contributed by atoms with van der Waals surface area (Å²) in [5.41, 5.74) is -0.983. The Morgan fingerprint density at radius 3 is 2.88 bits per heavy atom. The number of rotatable bonds is 3. The van der Waals surface area contributed by atoms with Gasteiger partial charge in [0.1, 0.15) is 5.54 Å². The highest BCUT2D eigenvalue weighted by molar-refractivity contribution is 5.87. The lowest BCUT2D eigenvalue weighted by molar-refractivity contribution is -0.155. The van der Waals surface area contributed by atoms with Crippen molar-refractivity contribution in [2.24, 2.45) is 5.92 Å². The molecule has 0 aromatic carbocycles. The van der Waals surface area contributed by atoms with Crippen molar-refractivity contribution < 1.29 is 14.7 Å². The van der Waals surface area contributed by atoms with Gasteiger partial charge in [0.05, 0.1) is 0 Å². The molecule has 1 amide bonds. The van der Waals surface area contributed by atoms with Crippen LogP contribution in [-0.4, -0.2) is 47.1 Å². The number of carbonyl (C=O) groups excluding carboxylic acids is 1. The summed E-state index contributed by atoms with van der Waals surface area (Å²) < 4.78 is 0. The fraction of sp³-hybridized carbons (Fsp3) is 0.833. The molecule has 2 saturated heterocycles. The maximum Gasteiger partial charge on any atom is 0.329 e. The van der Waals surface area contributed by atoms with E-state index in [0.717, 1.165) is 25.9 Å². The summed E-state index contributed by atoms with van der Waals surface area (Å²) >= 11 is 0. The van der Waals surface area contributed by atoms with Gasteiger partial charge in [-0.05, 0) is 45.2 Å². The molecule has 96 valence electrons. The molecule has 0 aliphatic carbocycles. The van der Waals surface area contributed by atoms with Gasteiger partial charge in [0, 0.05) is 13.0 Å². The molecule has 2 atom stereocenters. The summed E-state index contributed by atoms with van der Waals surface area (Å²) in [7, 11) is 0. The second kappa shape index (κ2) is 4.64. The first kappa shape index (κ1) is 12.4. The molecule has 0 radical (unpaired) electrons. The zero-order valence-electron chi connectivity index (χ0n) is 10.2. The van der Waals surface area contributed by atoms with Gasteiger partial charge in [-0.2, -0.15) is 0 Å². The van der Waals surface area contributed by atoms with Crippen molar-refractivity contribution in [2.45, 2.75) is 38.1 Å². The Balaban J connectivity index is 2.00. The third-order valence-corrected chi connectivity index (χ3v) is 4.03. The fourth-order valence-electron chi connectivity index (χ4n) is 2.83. The van der Waals surface area contributed by atoms with Crippen LogP contribution in [0.1, 0.15) is 32.6 Å². The number of nitrogens with zero attached hydrogens (tertiary/aromatic N) is 1. The Hall–Kier alpha value is -1.10. The predicted molar refractivity (Wildman–Crippen MR) is 62.6 cm³/mol. The number of hydrogen-bond donors (Lipinski definition) is 2. The molecular formula is C12H20N2O3. The third-order valence-electron chi connectivity index (χ3n) is 4.03. The molecule has 17 heavy (non-hydrogen) atoms. The summed E-state index contributed by atoms with van der Waals surface area (Å²) in [6, 6.07) is 0. The largest absolute Gasteiger partial charge is 0.480 e. The van der Waals surface area contributed by atoms with E-state index < -0.39 is 11.5 Å². The van der Waals surface area contributed by atoms with E-state index in [4.69, 9.17) is 0 Å². The van der Waals surface area contributed by atoms with Crippen molar-refractivity contribution in [3.8, 4) is 0 Å². The predicted octanol–water partition coefficient (Wildman–Crippen LogP) is 0.452. The van der Waals surface area contributed by atoms with Crippen molar-refractivity contribution in [1.82, 2.24) is 10.2 Å². The molecule has 5 nitrogen and oxygen atoms in total. The second-order valence-electron chi connectivity index (χ2n) is 5.29. The van der Waals surface area contributed by atoms with Crippen LogP contribution in [0.2, 0.25) is 0 Å². The summed E-state index contributed by atoms with van der Waals surface area (Å²) in [5, 5.41) is 12.5. The topological polar surface area (TPSA) is 69.6 Å². The van der Waals surface area contributed by atoms with Gasteiger partial charge in [-0.1, -0.05) is 0 Å². The highest BCUT2D eigenvalue weighted by atomic mass is 16.4. The molecule has 2 aliphatic rings. The van der Waals surface area contributed by atoms with Crippen LogP contribution in [0.3, 0.4) is 0 Å². The van der Waals surface area contributed by atoms with Gasteiger partial charge in [0.2, 0.25) is 5.91 Å². The minimum absolute atomic E-state index is 0.00102. The quantitative estimate of drug-likeness (QED) is 0.751. The van der Waals surface area contributed by atoms with Crippen LogP contribution in [0.15, 0.2) is 0 Å². The summed E-state index contributed by atoms with van der Waals surface area (Å²) in [6.07, 6.45) is 2.85. The Morgan fingerprint density at radius 1 is 1.53 bits per heavy atom. The van der Waals surface area contributed by atoms with E-state index in [0.29, 0.717) is 25.3 Å². The molecule has 0 aromatic rings. The Labute approximate surface area is 101 Å². The van der Waals surface area contributed by atoms with Crippen LogP contribution in [0.4, 0.5) is 0 Å². The Morgan fingerprint density at radius 2 is 2.29 bits per heavy atom. The fourth-order valence-corrected chi connectivity index (χ4v) is 2.83. The van der Waals surface area contributed by atoms with Gasteiger partial charge in [-0.15, -0.1) is 0 Å². The van der Waals surface area contributed by atoms with Crippen molar-refractivity contribution in [2.75, 3.05) is 19.6 Å². The average Bonchev–Trinajstić information content (AvgIpc) is 2.87. The van der Waals surface area contributed by atoms with Crippen molar-refractivity contribution in [3.05, 3.63) is 0 Å². The smallest absolute Gasteiger partial charge is 0.329 e. The highest BCUT2D eigenvalue weighted by Gasteiger charge is 2.45. The molecule has 2 N–H and O–H groups in total. The molecule has 2 aliphatic heterocycles. The lowest BCUT2D eigenvalue weighted by atomic mass is 9.97. The maximum absolute atomic E-state index is 12.2. The molecule has 2 unspecified atom stereocenters. The van der Waals surface area contributed by atoms with Crippen molar-refractivity contribution >= 4 is 11.9 Å². The number of aliphatic carboxylic acids is 1. The van der Waals surface area contributed by atoms with E-state index in [1.54, 1.807) is 11.8 Å². The minimum atomic E-state index is -0.983. The van der Waals surface area contributed by atoms with Gasteiger partial charge in [0.25, 0.3) is 0 Å². The Kier molecular flexibility index (Phi) is 3.38. The molecule has 2 fully saturated rings. The molecule has 2 rings (SSSR count). The Bertz CT molecular complexity index is 326. The third kappa shape index (κ3) is 2.29. The standard InChI is InChI=1S/C12H20N2O3/c1-12(11(16)17)4-2-6-14(12)10(15)7-9-3-5-13-8-9/h9,13H,2-8H2,1H3,(H,16,17).